The molecule has 1 N–H and O–H groups in total. The number of hydrogen-bond donors (Lipinski definition) is 1. The van der Waals surface area contributed by atoms with Gasteiger partial charge in [0.05, 0.1) is 37.3 Å². The van der Waals surface area contributed by atoms with E-state index in [1.165, 1.54) is 48.7 Å². The fraction of sp³-hybridized carbons (Fsp3) is 0.167. The van der Waals surface area contributed by atoms with Crippen LogP contribution in [0.4, 0.5) is 5.69 Å². The summed E-state index contributed by atoms with van der Waals surface area (Å²) >= 11 is 1.43. The zero-order valence-corrected chi connectivity index (χ0v) is 19.1. The number of thiophene rings is 1. The highest BCUT2D eigenvalue weighted by atomic mass is 32.1. The first-order valence-corrected chi connectivity index (χ1v) is 11.0. The molecule has 1 aromatic heterocycles. The van der Waals surface area contributed by atoms with Crippen LogP contribution in [-0.4, -0.2) is 40.8 Å². The van der Waals surface area contributed by atoms with Crippen LogP contribution in [0.3, 0.4) is 0 Å². The molecule has 10 heteroatoms. The van der Waals surface area contributed by atoms with Crippen molar-refractivity contribution in [3.63, 3.8) is 0 Å². The molecule has 2 aromatic carbocycles. The fourth-order valence-electron chi connectivity index (χ4n) is 3.91. The zero-order chi connectivity index (χ0) is 24.4. The van der Waals surface area contributed by atoms with Crippen LogP contribution in [0.25, 0.3) is 5.76 Å². The van der Waals surface area contributed by atoms with Gasteiger partial charge in [0.25, 0.3) is 17.4 Å². The van der Waals surface area contributed by atoms with Gasteiger partial charge in [-0.1, -0.05) is 24.3 Å². The van der Waals surface area contributed by atoms with E-state index in [0.717, 1.165) is 10.9 Å². The first-order chi connectivity index (χ1) is 16.3. The van der Waals surface area contributed by atoms with Gasteiger partial charge >= 0.3 is 0 Å². The number of Topliss-reactive ketones (excluding diaryl/α,β-unsaturated/α-hetero) is 1. The number of hydrogen-bond acceptors (Lipinski definition) is 8. The molecule has 1 unspecified atom stereocenters. The summed E-state index contributed by atoms with van der Waals surface area (Å²) in [6.45, 7) is 0.146. The molecular formula is C24H20N2O7S. The van der Waals surface area contributed by atoms with E-state index in [2.05, 4.69) is 0 Å². The number of amides is 1. The lowest BCUT2D eigenvalue weighted by molar-refractivity contribution is -0.384. The summed E-state index contributed by atoms with van der Waals surface area (Å²) in [6, 6.07) is 13.0. The molecule has 34 heavy (non-hydrogen) atoms. The molecule has 1 atom stereocenters. The number of nitro benzene ring substituents is 1. The summed E-state index contributed by atoms with van der Waals surface area (Å²) in [5.74, 6) is -1.30. The number of methoxy groups -OCH3 is 2. The molecule has 1 fully saturated rings. The number of ether oxygens (including phenoxy) is 2. The van der Waals surface area contributed by atoms with Crippen LogP contribution in [0.15, 0.2) is 65.6 Å². The maximum atomic E-state index is 13.1. The maximum Gasteiger partial charge on any atom is 0.295 e. The Morgan fingerprint density at radius 3 is 2.50 bits per heavy atom. The number of nitrogens with zero attached hydrogens (tertiary/aromatic N) is 2. The van der Waals surface area contributed by atoms with Crippen molar-refractivity contribution in [2.75, 3.05) is 14.2 Å². The highest BCUT2D eigenvalue weighted by molar-refractivity contribution is 7.09. The Balaban J connectivity index is 1.91. The molecule has 3 aromatic rings. The van der Waals surface area contributed by atoms with Crippen molar-refractivity contribution in [1.82, 2.24) is 4.90 Å². The van der Waals surface area contributed by atoms with Gasteiger partial charge in [-0.15, -0.1) is 11.3 Å². The van der Waals surface area contributed by atoms with E-state index < -0.39 is 28.4 Å². The van der Waals surface area contributed by atoms with Gasteiger partial charge in [-0.25, -0.2) is 0 Å². The second-order valence-electron chi connectivity index (χ2n) is 7.43. The highest BCUT2D eigenvalue weighted by Crippen LogP contribution is 2.43. The number of rotatable bonds is 7. The molecule has 1 aliphatic rings. The number of aliphatic hydroxyl groups excluding tert-OH is 1. The number of carbonyl (C=O) groups excluding carboxylic acids is 2. The molecule has 1 saturated heterocycles. The number of aliphatic hydroxyl groups is 1. The minimum Gasteiger partial charge on any atom is -0.507 e. The average Bonchev–Trinajstić information content (AvgIpc) is 3.45. The van der Waals surface area contributed by atoms with E-state index in [4.69, 9.17) is 9.47 Å². The quantitative estimate of drug-likeness (QED) is 0.176. The van der Waals surface area contributed by atoms with Gasteiger partial charge < -0.3 is 19.5 Å². The minimum absolute atomic E-state index is 0.0637. The molecule has 0 bridgehead atoms. The van der Waals surface area contributed by atoms with Crippen LogP contribution < -0.4 is 9.47 Å². The number of ketones is 1. The van der Waals surface area contributed by atoms with Gasteiger partial charge in [-0.2, -0.15) is 0 Å². The summed E-state index contributed by atoms with van der Waals surface area (Å²) in [6.07, 6.45) is 0. The first-order valence-electron chi connectivity index (χ1n) is 10.1. The van der Waals surface area contributed by atoms with Gasteiger partial charge in [-0.05, 0) is 29.1 Å². The summed E-state index contributed by atoms with van der Waals surface area (Å²) in [7, 11) is 2.95. The van der Waals surface area contributed by atoms with E-state index in [0.29, 0.717) is 17.1 Å². The molecular weight excluding hydrogens is 460 g/mol. The van der Waals surface area contributed by atoms with Crippen molar-refractivity contribution in [2.24, 2.45) is 0 Å². The molecule has 1 aliphatic heterocycles. The fourth-order valence-corrected chi connectivity index (χ4v) is 4.61. The topological polar surface area (TPSA) is 119 Å². The molecule has 0 aliphatic carbocycles. The van der Waals surface area contributed by atoms with E-state index in [9.17, 15) is 24.8 Å². The van der Waals surface area contributed by atoms with Crippen molar-refractivity contribution < 1.29 is 29.1 Å². The average molecular weight is 480 g/mol. The smallest absolute Gasteiger partial charge is 0.295 e. The lowest BCUT2D eigenvalue weighted by atomic mass is 9.95. The molecule has 0 saturated carbocycles. The number of carbonyl (C=O) groups is 2. The molecule has 0 spiro atoms. The van der Waals surface area contributed by atoms with Gasteiger partial charge in [0.2, 0.25) is 0 Å². The van der Waals surface area contributed by atoms with E-state index in [-0.39, 0.29) is 23.4 Å². The second-order valence-corrected chi connectivity index (χ2v) is 8.46. The third-order valence-electron chi connectivity index (χ3n) is 5.50. The molecule has 1 amide bonds. The molecule has 9 nitrogen and oxygen atoms in total. The molecule has 2 heterocycles. The van der Waals surface area contributed by atoms with Gasteiger partial charge in [-0.3, -0.25) is 19.7 Å². The number of nitro groups is 1. The van der Waals surface area contributed by atoms with Crippen LogP contribution in [0.2, 0.25) is 0 Å². The van der Waals surface area contributed by atoms with Crippen LogP contribution in [0.5, 0.6) is 11.5 Å². The van der Waals surface area contributed by atoms with Crippen molar-refractivity contribution >= 4 is 34.5 Å². The van der Waals surface area contributed by atoms with Crippen LogP contribution in [-0.2, 0) is 16.1 Å². The Kier molecular flexibility index (Phi) is 6.33. The Hall–Kier alpha value is -4.18. The largest absolute Gasteiger partial charge is 0.507 e. The van der Waals surface area contributed by atoms with Gasteiger partial charge in [0.15, 0.2) is 11.5 Å². The highest BCUT2D eigenvalue weighted by Gasteiger charge is 2.46. The third kappa shape index (κ3) is 4.11. The SMILES string of the molecule is COc1ccc(C2/C(=C(\O)c3cccc([N+](=O)[O-])c3)C(=O)C(=O)N2Cc2cccs2)cc1OC. The number of non-ortho nitro benzene ring substituents is 1. The molecule has 0 radical (unpaired) electrons. The first kappa shape index (κ1) is 23.0. The Morgan fingerprint density at radius 1 is 1.09 bits per heavy atom. The summed E-state index contributed by atoms with van der Waals surface area (Å²) in [4.78, 5) is 39.1. The summed E-state index contributed by atoms with van der Waals surface area (Å²) < 4.78 is 10.7. The minimum atomic E-state index is -0.943. The maximum absolute atomic E-state index is 13.1. The van der Waals surface area contributed by atoms with E-state index in [1.54, 1.807) is 18.2 Å². The van der Waals surface area contributed by atoms with Gasteiger partial charge in [0.1, 0.15) is 5.76 Å². The van der Waals surface area contributed by atoms with E-state index >= 15 is 0 Å². The Bertz CT molecular complexity index is 1300. The number of likely N-dealkylation sites (tertiary alicyclic amines) is 1. The van der Waals surface area contributed by atoms with Crippen molar-refractivity contribution in [3.05, 3.63) is 91.7 Å². The third-order valence-corrected chi connectivity index (χ3v) is 6.36. The lowest BCUT2D eigenvalue weighted by Crippen LogP contribution is -2.28. The lowest BCUT2D eigenvalue weighted by Gasteiger charge is -2.25. The van der Waals surface area contributed by atoms with Crippen LogP contribution in [0, 0.1) is 10.1 Å². The predicted molar refractivity (Wildman–Crippen MR) is 125 cm³/mol. The number of benzene rings is 2. The van der Waals surface area contributed by atoms with Crippen molar-refractivity contribution in [3.8, 4) is 11.5 Å². The molecule has 4 rings (SSSR count). The Morgan fingerprint density at radius 2 is 1.85 bits per heavy atom. The van der Waals surface area contributed by atoms with Gasteiger partial charge in [0, 0.05) is 22.6 Å². The predicted octanol–water partition coefficient (Wildman–Crippen LogP) is 4.30. The normalized spacial score (nSPS) is 17.1. The standard InChI is InChI=1S/C24H20N2O7S/c1-32-18-9-8-14(12-19(18)33-2)21-20(22(27)15-5-3-6-16(11-15)26(30)31)23(28)24(29)25(21)13-17-7-4-10-34-17/h3-12,21,27H,13H2,1-2H3/b22-20+. The summed E-state index contributed by atoms with van der Waals surface area (Å²) in [5.41, 5.74) is 0.169. The summed E-state index contributed by atoms with van der Waals surface area (Å²) in [5, 5.41) is 24.2. The Labute approximate surface area is 198 Å². The van der Waals surface area contributed by atoms with Crippen molar-refractivity contribution in [2.45, 2.75) is 12.6 Å². The zero-order valence-electron chi connectivity index (χ0n) is 18.3. The van der Waals surface area contributed by atoms with Crippen molar-refractivity contribution in [1.29, 1.82) is 0 Å². The molecule has 174 valence electrons. The monoisotopic (exact) mass is 480 g/mol. The second kappa shape index (κ2) is 9.36. The van der Waals surface area contributed by atoms with Crippen LogP contribution >= 0.6 is 11.3 Å². The van der Waals surface area contributed by atoms with E-state index in [1.807, 2.05) is 17.5 Å². The van der Waals surface area contributed by atoms with Crippen LogP contribution in [0.1, 0.15) is 22.0 Å².